The van der Waals surface area contributed by atoms with E-state index in [1.54, 1.807) is 55.5 Å². The van der Waals surface area contributed by atoms with Crippen LogP contribution in [0.1, 0.15) is 43.1 Å². The fraction of sp³-hybridized carbons (Fsp3) is 0.296. The molecular weight excluding hydrogens is 506 g/mol. The minimum Gasteiger partial charge on any atom is -0.465 e. The summed E-state index contributed by atoms with van der Waals surface area (Å²) in [5, 5.41) is 6.43. The third-order valence-corrected chi connectivity index (χ3v) is 7.07. The predicted molar refractivity (Wildman–Crippen MR) is 151 cm³/mol. The lowest BCUT2D eigenvalue weighted by Gasteiger charge is -2.21. The quantitative estimate of drug-likeness (QED) is 0.208. The van der Waals surface area contributed by atoms with Gasteiger partial charge in [0.2, 0.25) is 10.0 Å². The number of sulfonamides is 1. The number of hydrogen-bond acceptors (Lipinski definition) is 8. The maximum atomic E-state index is 12.1. The molecule has 11 heteroatoms. The number of pyridine rings is 1. The van der Waals surface area contributed by atoms with E-state index in [1.807, 2.05) is 13.8 Å². The molecule has 0 atom stereocenters. The van der Waals surface area contributed by atoms with Crippen molar-refractivity contribution < 1.29 is 22.7 Å². The van der Waals surface area contributed by atoms with Gasteiger partial charge in [0.25, 0.3) is 5.91 Å². The van der Waals surface area contributed by atoms with Crippen molar-refractivity contribution in [2.45, 2.75) is 33.7 Å². The number of nitrogens with two attached hydrogens (primary N) is 1. The van der Waals surface area contributed by atoms with E-state index in [4.69, 9.17) is 10.5 Å². The van der Waals surface area contributed by atoms with E-state index in [1.165, 1.54) is 24.7 Å². The number of carbonyl (C=O) groups excluding carboxylic acids is 2. The summed E-state index contributed by atoms with van der Waals surface area (Å²) in [6, 6.07) is 8.70. The fourth-order valence-electron chi connectivity index (χ4n) is 3.40. The first kappa shape index (κ1) is 30.1. The smallest absolute Gasteiger partial charge is 0.337 e. The summed E-state index contributed by atoms with van der Waals surface area (Å²) in [6.45, 7) is 5.92. The molecule has 204 valence electrons. The van der Waals surface area contributed by atoms with Gasteiger partial charge in [-0.1, -0.05) is 36.8 Å². The third kappa shape index (κ3) is 7.94. The highest BCUT2D eigenvalue weighted by molar-refractivity contribution is 7.92. The number of primary amides is 1. The Balaban J connectivity index is 2.40. The zero-order valence-corrected chi connectivity index (χ0v) is 23.3. The van der Waals surface area contributed by atoms with Gasteiger partial charge in [0.15, 0.2) is 0 Å². The SMILES string of the molecule is C\C=C(/C=C\C(Nc1cc(NCc2ccccc2N(C)S(C)(=O)=O)c(C(N)=O)cn1)=C(/C)CC)C(=O)OC. The Labute approximate surface area is 224 Å². The summed E-state index contributed by atoms with van der Waals surface area (Å²) in [5.74, 6) is -0.676. The number of allylic oxidation sites excluding steroid dienone is 3. The van der Waals surface area contributed by atoms with Gasteiger partial charge in [-0.25, -0.2) is 18.2 Å². The lowest BCUT2D eigenvalue weighted by Crippen LogP contribution is -2.26. The molecule has 0 unspecified atom stereocenters. The highest BCUT2D eigenvalue weighted by Crippen LogP contribution is 2.25. The normalized spacial score (nSPS) is 12.6. The van der Waals surface area contributed by atoms with Crippen molar-refractivity contribution in [2.75, 3.05) is 35.4 Å². The molecule has 0 aliphatic rings. The number of aromatic nitrogens is 1. The second-order valence-electron chi connectivity index (χ2n) is 8.43. The highest BCUT2D eigenvalue weighted by Gasteiger charge is 2.17. The molecule has 38 heavy (non-hydrogen) atoms. The number of rotatable bonds is 12. The zero-order chi connectivity index (χ0) is 28.5. The Kier molecular flexibility index (Phi) is 10.6. The monoisotopic (exact) mass is 541 g/mol. The van der Waals surface area contributed by atoms with Crippen LogP contribution in [0.25, 0.3) is 0 Å². The molecule has 0 spiro atoms. The molecule has 1 aromatic heterocycles. The van der Waals surface area contributed by atoms with Crippen LogP contribution in [-0.2, 0) is 26.1 Å². The molecule has 1 amide bonds. The number of nitrogens with one attached hydrogen (secondary N) is 2. The van der Waals surface area contributed by atoms with Gasteiger partial charge in [-0.05, 0) is 44.1 Å². The summed E-state index contributed by atoms with van der Waals surface area (Å²) >= 11 is 0. The van der Waals surface area contributed by atoms with Gasteiger partial charge < -0.3 is 21.1 Å². The number of anilines is 3. The summed E-state index contributed by atoms with van der Waals surface area (Å²) < 4.78 is 30.2. The van der Waals surface area contributed by atoms with Gasteiger partial charge in [-0.3, -0.25) is 9.10 Å². The second-order valence-corrected chi connectivity index (χ2v) is 10.4. The van der Waals surface area contributed by atoms with Crippen molar-refractivity contribution in [2.24, 2.45) is 5.73 Å². The molecule has 0 saturated carbocycles. The van der Waals surface area contributed by atoms with E-state index < -0.39 is 21.9 Å². The van der Waals surface area contributed by atoms with E-state index in [2.05, 4.69) is 15.6 Å². The van der Waals surface area contributed by atoms with Gasteiger partial charge in [0, 0.05) is 31.6 Å². The molecule has 1 heterocycles. The van der Waals surface area contributed by atoms with E-state index in [0.29, 0.717) is 28.3 Å². The number of ether oxygens (including phenoxy) is 1. The Hall–Kier alpha value is -4.12. The lowest BCUT2D eigenvalue weighted by molar-refractivity contribution is -0.135. The van der Waals surface area contributed by atoms with Crippen molar-refractivity contribution in [3.05, 3.63) is 82.7 Å². The summed E-state index contributed by atoms with van der Waals surface area (Å²) in [5.41, 5.74) is 9.52. The van der Waals surface area contributed by atoms with Crippen LogP contribution < -0.4 is 20.7 Å². The van der Waals surface area contributed by atoms with Crippen LogP contribution in [0.2, 0.25) is 0 Å². The van der Waals surface area contributed by atoms with E-state index in [9.17, 15) is 18.0 Å². The average Bonchev–Trinajstić information content (AvgIpc) is 2.89. The minimum atomic E-state index is -3.47. The first-order chi connectivity index (χ1) is 17.9. The molecule has 0 saturated heterocycles. The standard InChI is InChI=1S/C27H35N5O5S/c1-7-18(3)22(14-13-19(8-2)27(34)37-5)31-25-15-23(21(17-30-25)26(28)33)29-16-20-11-9-10-12-24(20)32(4)38(6,35)36/h8-15,17H,7,16H2,1-6H3,(H2,28,33)(H2,29,30,31)/b14-13-,19-8+,22-18-. The molecule has 0 aliphatic heterocycles. The van der Waals surface area contributed by atoms with Crippen LogP contribution in [-0.4, -0.2) is 45.7 Å². The number of hydrogen-bond donors (Lipinski definition) is 3. The van der Waals surface area contributed by atoms with E-state index >= 15 is 0 Å². The minimum absolute atomic E-state index is 0.180. The van der Waals surface area contributed by atoms with Crippen molar-refractivity contribution >= 4 is 39.1 Å². The van der Waals surface area contributed by atoms with Crippen LogP contribution in [0.3, 0.4) is 0 Å². The van der Waals surface area contributed by atoms with Gasteiger partial charge in [0.1, 0.15) is 5.82 Å². The molecule has 4 N–H and O–H groups in total. The Morgan fingerprint density at radius 3 is 2.47 bits per heavy atom. The number of esters is 1. The van der Waals surface area contributed by atoms with Gasteiger partial charge in [-0.15, -0.1) is 0 Å². The van der Waals surface area contributed by atoms with Crippen LogP contribution in [0.15, 0.2) is 71.6 Å². The van der Waals surface area contributed by atoms with Gasteiger partial charge >= 0.3 is 5.97 Å². The summed E-state index contributed by atoms with van der Waals surface area (Å²) in [7, 11) is -0.666. The average molecular weight is 542 g/mol. The first-order valence-corrected chi connectivity index (χ1v) is 13.7. The number of amides is 1. The molecule has 10 nitrogen and oxygen atoms in total. The number of benzene rings is 1. The van der Waals surface area contributed by atoms with Gasteiger partial charge in [-0.2, -0.15) is 0 Å². The molecule has 1 aromatic carbocycles. The lowest BCUT2D eigenvalue weighted by atomic mass is 10.1. The van der Waals surface area contributed by atoms with Crippen molar-refractivity contribution in [1.82, 2.24) is 4.98 Å². The maximum absolute atomic E-state index is 12.1. The fourth-order valence-corrected chi connectivity index (χ4v) is 3.93. The number of para-hydroxylation sites is 1. The number of carbonyl (C=O) groups is 2. The molecule has 2 rings (SSSR count). The predicted octanol–water partition coefficient (Wildman–Crippen LogP) is 3.96. The number of methoxy groups -OCH3 is 1. The van der Waals surface area contributed by atoms with Crippen LogP contribution in [0.4, 0.5) is 17.2 Å². The van der Waals surface area contributed by atoms with Crippen LogP contribution in [0.5, 0.6) is 0 Å². The molecule has 0 aliphatic carbocycles. The third-order valence-electron chi connectivity index (χ3n) is 5.88. The molecule has 0 bridgehead atoms. The molecule has 2 aromatic rings. The summed E-state index contributed by atoms with van der Waals surface area (Å²) in [4.78, 5) is 28.4. The number of nitrogens with zero attached hydrogens (tertiary/aromatic N) is 2. The molecular formula is C27H35N5O5S. The Morgan fingerprint density at radius 2 is 1.89 bits per heavy atom. The Bertz CT molecular complexity index is 1380. The zero-order valence-electron chi connectivity index (χ0n) is 22.5. The van der Waals surface area contributed by atoms with Crippen molar-refractivity contribution in [3.63, 3.8) is 0 Å². The van der Waals surface area contributed by atoms with Crippen LogP contribution >= 0.6 is 0 Å². The van der Waals surface area contributed by atoms with Gasteiger partial charge in [0.05, 0.1) is 35.9 Å². The first-order valence-electron chi connectivity index (χ1n) is 11.9. The van der Waals surface area contributed by atoms with E-state index in [0.717, 1.165) is 23.9 Å². The van der Waals surface area contributed by atoms with Crippen molar-refractivity contribution in [1.29, 1.82) is 0 Å². The topological polar surface area (TPSA) is 144 Å². The highest BCUT2D eigenvalue weighted by atomic mass is 32.2. The second kappa shape index (κ2) is 13.4. The summed E-state index contributed by atoms with van der Waals surface area (Å²) in [6.07, 6.45) is 8.31. The van der Waals surface area contributed by atoms with Crippen LogP contribution in [0, 0.1) is 0 Å². The molecule has 0 radical (unpaired) electrons. The van der Waals surface area contributed by atoms with E-state index in [-0.39, 0.29) is 12.1 Å². The largest absolute Gasteiger partial charge is 0.465 e. The molecule has 0 fully saturated rings. The maximum Gasteiger partial charge on any atom is 0.337 e. The van der Waals surface area contributed by atoms with Crippen molar-refractivity contribution in [3.8, 4) is 0 Å². The Morgan fingerprint density at radius 1 is 1.21 bits per heavy atom.